The van der Waals surface area contributed by atoms with Crippen LogP contribution in [0, 0.1) is 0 Å². The number of amides is 1. The molecule has 0 aromatic carbocycles. The number of halogens is 2. The number of nitrogens with one attached hydrogen (secondary N) is 1. The minimum atomic E-state index is 0.0296. The van der Waals surface area contributed by atoms with Crippen molar-refractivity contribution in [3.05, 3.63) is 58.0 Å². The van der Waals surface area contributed by atoms with Crippen molar-refractivity contribution in [3.8, 4) is 10.6 Å². The predicted molar refractivity (Wildman–Crippen MR) is 137 cm³/mol. The van der Waals surface area contributed by atoms with Crippen molar-refractivity contribution in [1.82, 2.24) is 24.3 Å². The van der Waals surface area contributed by atoms with Gasteiger partial charge in [-0.3, -0.25) is 19.2 Å². The van der Waals surface area contributed by atoms with E-state index < -0.39 is 0 Å². The van der Waals surface area contributed by atoms with E-state index in [-0.39, 0.29) is 12.5 Å². The van der Waals surface area contributed by atoms with Crippen molar-refractivity contribution in [2.24, 2.45) is 0 Å². The molecule has 8 nitrogen and oxygen atoms in total. The summed E-state index contributed by atoms with van der Waals surface area (Å²) in [7, 11) is 0. The Kier molecular flexibility index (Phi) is 6.58. The van der Waals surface area contributed by atoms with Gasteiger partial charge in [-0.15, -0.1) is 11.3 Å². The average Bonchev–Trinajstić information content (AvgIpc) is 3.47. The highest BCUT2D eigenvalue weighted by Gasteiger charge is 2.25. The number of rotatable bonds is 6. The predicted octanol–water partition coefficient (Wildman–Crippen LogP) is 4.48. The Morgan fingerprint density at radius 2 is 1.85 bits per heavy atom. The summed E-state index contributed by atoms with van der Waals surface area (Å²) in [6.45, 7) is 4.78. The van der Waals surface area contributed by atoms with Crippen LogP contribution in [0.25, 0.3) is 16.2 Å². The fourth-order valence-corrected chi connectivity index (χ4v) is 5.64. The molecule has 34 heavy (non-hydrogen) atoms. The molecule has 1 saturated heterocycles. The largest absolute Gasteiger partial charge is 0.365 e. The Hall–Kier alpha value is -2.88. The van der Waals surface area contributed by atoms with Gasteiger partial charge in [0.25, 0.3) is 0 Å². The molecule has 0 atom stereocenters. The third-order valence-corrected chi connectivity index (χ3v) is 7.65. The molecule has 4 aromatic heterocycles. The van der Waals surface area contributed by atoms with Crippen LogP contribution in [0.15, 0.2) is 43.1 Å². The number of imidazole rings is 1. The summed E-state index contributed by atoms with van der Waals surface area (Å²) >= 11 is 14.3. The number of nitrogens with zero attached hydrogens (tertiary/aromatic N) is 6. The fourth-order valence-electron chi connectivity index (χ4n) is 4.10. The van der Waals surface area contributed by atoms with Gasteiger partial charge in [-0.1, -0.05) is 30.1 Å². The molecule has 0 unspecified atom stereocenters. The van der Waals surface area contributed by atoms with Gasteiger partial charge in [0.05, 0.1) is 33.4 Å². The normalized spacial score (nSPS) is 14.1. The first kappa shape index (κ1) is 22.9. The molecule has 0 aliphatic carbocycles. The van der Waals surface area contributed by atoms with Gasteiger partial charge in [0.2, 0.25) is 5.91 Å². The number of fused-ring (bicyclic) bond motifs is 1. The van der Waals surface area contributed by atoms with Gasteiger partial charge in [0.1, 0.15) is 11.5 Å². The number of anilines is 2. The first-order chi connectivity index (χ1) is 16.5. The summed E-state index contributed by atoms with van der Waals surface area (Å²) in [5, 5.41) is 4.38. The molecule has 4 aromatic rings. The van der Waals surface area contributed by atoms with Gasteiger partial charge in [0, 0.05) is 55.8 Å². The van der Waals surface area contributed by atoms with E-state index in [1.54, 1.807) is 36.1 Å². The van der Waals surface area contributed by atoms with Crippen molar-refractivity contribution in [2.45, 2.75) is 13.3 Å². The number of carbonyl (C=O) groups is 1. The Morgan fingerprint density at radius 1 is 1.09 bits per heavy atom. The monoisotopic (exact) mass is 515 g/mol. The molecule has 0 saturated carbocycles. The quantitative estimate of drug-likeness (QED) is 0.407. The zero-order chi connectivity index (χ0) is 23.7. The van der Waals surface area contributed by atoms with Gasteiger partial charge in [0.15, 0.2) is 5.65 Å². The van der Waals surface area contributed by atoms with E-state index in [9.17, 15) is 4.79 Å². The third-order valence-electron chi connectivity index (χ3n) is 5.86. The van der Waals surface area contributed by atoms with E-state index in [4.69, 9.17) is 28.2 Å². The lowest BCUT2D eigenvalue weighted by atomic mass is 10.2. The number of aromatic nitrogens is 4. The third kappa shape index (κ3) is 4.43. The zero-order valence-corrected chi connectivity index (χ0v) is 20.9. The first-order valence-corrected chi connectivity index (χ1v) is 12.6. The van der Waals surface area contributed by atoms with Crippen molar-refractivity contribution < 1.29 is 4.79 Å². The van der Waals surface area contributed by atoms with Gasteiger partial charge in [-0.25, -0.2) is 4.98 Å². The molecule has 1 N–H and O–H groups in total. The van der Waals surface area contributed by atoms with Gasteiger partial charge in [-0.2, -0.15) is 0 Å². The number of pyridine rings is 1. The van der Waals surface area contributed by atoms with E-state index in [0.717, 1.165) is 34.1 Å². The second kappa shape index (κ2) is 9.77. The lowest BCUT2D eigenvalue weighted by molar-refractivity contribution is -0.129. The summed E-state index contributed by atoms with van der Waals surface area (Å²) in [5.74, 6) is 0.825. The standard InChI is InChI=1S/C23H23Cl2N7OS/c1-2-15-3-4-18(34-15)21-23(32-6-5-26-13-19(32)29-21)28-14-20(33)30-7-9-31(10-8-30)22-16(24)11-27-12-17(22)25/h3-6,11-13,28H,2,7-10,14H2,1H3. The van der Waals surface area contributed by atoms with Crippen LogP contribution >= 0.6 is 34.5 Å². The Labute approximate surface area is 211 Å². The molecule has 1 amide bonds. The van der Waals surface area contributed by atoms with Crippen LogP contribution in [-0.4, -0.2) is 62.9 Å². The molecular weight excluding hydrogens is 493 g/mol. The number of carbonyl (C=O) groups excluding carboxylic acids is 1. The zero-order valence-electron chi connectivity index (χ0n) is 18.5. The van der Waals surface area contributed by atoms with E-state index in [1.165, 1.54) is 4.88 Å². The molecular formula is C23H23Cl2N7OS. The van der Waals surface area contributed by atoms with E-state index in [0.29, 0.717) is 36.2 Å². The Bertz CT molecular complexity index is 1310. The number of aryl methyl sites for hydroxylation is 1. The molecule has 0 bridgehead atoms. The van der Waals surface area contributed by atoms with E-state index >= 15 is 0 Å². The summed E-state index contributed by atoms with van der Waals surface area (Å²) < 4.78 is 1.94. The van der Waals surface area contributed by atoms with Crippen LogP contribution < -0.4 is 10.2 Å². The average molecular weight is 516 g/mol. The number of hydrogen-bond donors (Lipinski definition) is 1. The maximum Gasteiger partial charge on any atom is 0.242 e. The van der Waals surface area contributed by atoms with E-state index in [2.05, 4.69) is 39.2 Å². The minimum absolute atomic E-state index is 0.0296. The highest BCUT2D eigenvalue weighted by Crippen LogP contribution is 2.35. The molecule has 1 fully saturated rings. The van der Waals surface area contributed by atoms with E-state index in [1.807, 2.05) is 15.5 Å². The molecule has 0 radical (unpaired) electrons. The SMILES string of the molecule is CCc1ccc(-c2nc3cnccn3c2NCC(=O)N2CCN(c3c(Cl)cncc3Cl)CC2)s1. The highest BCUT2D eigenvalue weighted by molar-refractivity contribution is 7.15. The number of thiophene rings is 1. The second-order valence-corrected chi connectivity index (χ2v) is 9.89. The maximum atomic E-state index is 13.0. The van der Waals surface area contributed by atoms with Crippen LogP contribution in [0.4, 0.5) is 11.5 Å². The Morgan fingerprint density at radius 3 is 2.56 bits per heavy atom. The van der Waals surface area contributed by atoms with Gasteiger partial charge < -0.3 is 15.1 Å². The summed E-state index contributed by atoms with van der Waals surface area (Å²) in [6.07, 6.45) is 9.44. The summed E-state index contributed by atoms with van der Waals surface area (Å²) in [6, 6.07) is 4.21. The van der Waals surface area contributed by atoms with Gasteiger partial charge in [-0.05, 0) is 18.6 Å². The van der Waals surface area contributed by atoms with Crippen LogP contribution in [0.1, 0.15) is 11.8 Å². The van der Waals surface area contributed by atoms with Crippen molar-refractivity contribution >= 4 is 57.6 Å². The van der Waals surface area contributed by atoms with Crippen LogP contribution in [0.2, 0.25) is 10.0 Å². The number of hydrogen-bond acceptors (Lipinski definition) is 7. The molecule has 5 heterocycles. The van der Waals surface area contributed by atoms with Crippen molar-refractivity contribution in [1.29, 1.82) is 0 Å². The molecule has 0 spiro atoms. The van der Waals surface area contributed by atoms with Crippen molar-refractivity contribution in [3.63, 3.8) is 0 Å². The molecule has 1 aliphatic rings. The smallest absolute Gasteiger partial charge is 0.242 e. The summed E-state index contributed by atoms with van der Waals surface area (Å²) in [4.78, 5) is 32.3. The van der Waals surface area contributed by atoms with Crippen LogP contribution in [-0.2, 0) is 11.2 Å². The summed E-state index contributed by atoms with van der Waals surface area (Å²) in [5.41, 5.74) is 2.34. The molecule has 11 heteroatoms. The second-order valence-electron chi connectivity index (χ2n) is 7.91. The molecule has 1 aliphatic heterocycles. The van der Waals surface area contributed by atoms with Gasteiger partial charge >= 0.3 is 0 Å². The van der Waals surface area contributed by atoms with Crippen LogP contribution in [0.5, 0.6) is 0 Å². The molecule has 176 valence electrons. The topological polar surface area (TPSA) is 78.7 Å². The number of piperazine rings is 1. The lowest BCUT2D eigenvalue weighted by Gasteiger charge is -2.36. The molecule has 5 rings (SSSR count). The maximum absolute atomic E-state index is 13.0. The fraction of sp³-hybridized carbons (Fsp3) is 0.304. The first-order valence-electron chi connectivity index (χ1n) is 11.0. The Balaban J connectivity index is 1.29. The van der Waals surface area contributed by atoms with Crippen LogP contribution in [0.3, 0.4) is 0 Å². The minimum Gasteiger partial charge on any atom is -0.365 e. The highest BCUT2D eigenvalue weighted by atomic mass is 35.5. The lowest BCUT2D eigenvalue weighted by Crippen LogP contribution is -2.50. The van der Waals surface area contributed by atoms with Crippen molar-refractivity contribution in [2.75, 3.05) is 42.9 Å².